The van der Waals surface area contributed by atoms with Gasteiger partial charge in [-0.05, 0) is 64.0 Å². The van der Waals surface area contributed by atoms with Crippen LogP contribution >= 0.6 is 15.9 Å². The lowest BCUT2D eigenvalue weighted by Crippen LogP contribution is -2.15. The number of carbonyl (C=O) groups excluding carboxylic acids is 1. The van der Waals surface area contributed by atoms with Crippen molar-refractivity contribution in [3.05, 3.63) is 82.7 Å². The van der Waals surface area contributed by atoms with Gasteiger partial charge in [0.2, 0.25) is 0 Å². The molecular weight excluding hydrogens is 418 g/mol. The smallest absolute Gasteiger partial charge is 0.257 e. The molecule has 6 nitrogen and oxygen atoms in total. The maximum Gasteiger partial charge on any atom is 0.257 e. The van der Waals surface area contributed by atoms with Crippen LogP contribution in [0.4, 0.5) is 11.4 Å². The molecule has 0 unspecified atom stereocenters. The number of anilines is 2. The molecule has 0 bridgehead atoms. The summed E-state index contributed by atoms with van der Waals surface area (Å²) in [5.74, 6) is -0.166. The number of para-hydroxylation sites is 1. The summed E-state index contributed by atoms with van der Waals surface area (Å²) in [7, 11) is 1.88. The van der Waals surface area contributed by atoms with Crippen LogP contribution in [0.15, 0.2) is 71.6 Å². The second kappa shape index (κ2) is 7.82. The average molecular weight is 436 g/mol. The summed E-state index contributed by atoms with van der Waals surface area (Å²) in [4.78, 5) is 17.0. The summed E-state index contributed by atoms with van der Waals surface area (Å²) >= 11 is 3.37. The standard InChI is InChI=1S/C21H18BrN5O/c1-27-19-11-16(7-6-15(19)13-25-27)26-21(28)17-4-2-3-5-18(17)24-12-14-8-9-23-20(22)10-14/h2-11,13,24H,12H2,1H3,(H,26,28). The molecule has 4 aromatic rings. The van der Waals surface area contributed by atoms with Crippen LogP contribution in [0.2, 0.25) is 0 Å². The summed E-state index contributed by atoms with van der Waals surface area (Å²) < 4.78 is 2.57. The molecule has 0 aliphatic heterocycles. The van der Waals surface area contributed by atoms with Gasteiger partial charge in [0.05, 0.1) is 17.3 Å². The zero-order valence-corrected chi connectivity index (χ0v) is 16.8. The van der Waals surface area contributed by atoms with Crippen molar-refractivity contribution in [2.45, 2.75) is 6.54 Å². The van der Waals surface area contributed by atoms with E-state index in [9.17, 15) is 4.79 Å². The molecule has 0 atom stereocenters. The fraction of sp³-hybridized carbons (Fsp3) is 0.0952. The van der Waals surface area contributed by atoms with E-state index in [1.165, 1.54) is 0 Å². The van der Waals surface area contributed by atoms with Crippen LogP contribution in [0.3, 0.4) is 0 Å². The number of nitrogens with zero attached hydrogens (tertiary/aromatic N) is 3. The Bertz CT molecular complexity index is 1150. The zero-order chi connectivity index (χ0) is 19.5. The van der Waals surface area contributed by atoms with E-state index >= 15 is 0 Å². The van der Waals surface area contributed by atoms with E-state index in [1.54, 1.807) is 17.1 Å². The fourth-order valence-corrected chi connectivity index (χ4v) is 3.42. The minimum absolute atomic E-state index is 0.166. The first-order valence-corrected chi connectivity index (χ1v) is 9.56. The predicted molar refractivity (Wildman–Crippen MR) is 114 cm³/mol. The number of hydrogen-bond acceptors (Lipinski definition) is 4. The molecule has 7 heteroatoms. The lowest BCUT2D eigenvalue weighted by molar-refractivity contribution is 0.102. The molecule has 0 aliphatic carbocycles. The number of aromatic nitrogens is 3. The third-order valence-corrected chi connectivity index (χ3v) is 4.89. The van der Waals surface area contributed by atoms with Gasteiger partial charge in [0.25, 0.3) is 5.91 Å². The highest BCUT2D eigenvalue weighted by Gasteiger charge is 2.12. The Kier molecular flexibility index (Phi) is 5.08. The number of halogens is 1. The molecule has 0 aliphatic rings. The van der Waals surface area contributed by atoms with Crippen molar-refractivity contribution in [1.29, 1.82) is 0 Å². The summed E-state index contributed by atoms with van der Waals surface area (Å²) in [6.45, 7) is 0.590. The Morgan fingerprint density at radius 2 is 2.00 bits per heavy atom. The molecule has 140 valence electrons. The van der Waals surface area contributed by atoms with Crippen molar-refractivity contribution in [2.24, 2.45) is 7.05 Å². The minimum Gasteiger partial charge on any atom is -0.380 e. The molecule has 0 saturated carbocycles. The Morgan fingerprint density at radius 1 is 1.14 bits per heavy atom. The molecule has 2 N–H and O–H groups in total. The number of carbonyl (C=O) groups is 1. The van der Waals surface area contributed by atoms with Crippen LogP contribution in [0.5, 0.6) is 0 Å². The van der Waals surface area contributed by atoms with Gasteiger partial charge in [0, 0.05) is 36.6 Å². The average Bonchev–Trinajstić information content (AvgIpc) is 3.07. The third kappa shape index (κ3) is 3.89. The lowest BCUT2D eigenvalue weighted by Gasteiger charge is -2.13. The topological polar surface area (TPSA) is 71.8 Å². The van der Waals surface area contributed by atoms with Gasteiger partial charge in [-0.15, -0.1) is 0 Å². The monoisotopic (exact) mass is 435 g/mol. The first-order chi connectivity index (χ1) is 13.6. The number of rotatable bonds is 5. The van der Waals surface area contributed by atoms with Crippen LogP contribution < -0.4 is 10.6 Å². The highest BCUT2D eigenvalue weighted by atomic mass is 79.9. The molecular formula is C21H18BrN5O. The maximum absolute atomic E-state index is 12.9. The highest BCUT2D eigenvalue weighted by Crippen LogP contribution is 2.21. The number of aryl methyl sites for hydroxylation is 1. The van der Waals surface area contributed by atoms with Crippen molar-refractivity contribution >= 4 is 44.1 Å². The number of amides is 1. The van der Waals surface area contributed by atoms with E-state index < -0.39 is 0 Å². The summed E-state index contributed by atoms with van der Waals surface area (Å²) in [6, 6.07) is 17.1. The number of pyridine rings is 1. The van der Waals surface area contributed by atoms with Gasteiger partial charge in [-0.2, -0.15) is 5.10 Å². The molecule has 0 spiro atoms. The highest BCUT2D eigenvalue weighted by molar-refractivity contribution is 9.10. The molecule has 0 fully saturated rings. The molecule has 28 heavy (non-hydrogen) atoms. The maximum atomic E-state index is 12.9. The molecule has 2 aromatic carbocycles. The van der Waals surface area contributed by atoms with Gasteiger partial charge in [0.1, 0.15) is 4.60 Å². The van der Waals surface area contributed by atoms with Crippen molar-refractivity contribution in [2.75, 3.05) is 10.6 Å². The summed E-state index contributed by atoms with van der Waals surface area (Å²) in [6.07, 6.45) is 3.55. The molecule has 4 rings (SSSR count). The number of nitrogens with one attached hydrogen (secondary N) is 2. The van der Waals surface area contributed by atoms with E-state index in [2.05, 4.69) is 36.6 Å². The van der Waals surface area contributed by atoms with Crippen LogP contribution in [0, 0.1) is 0 Å². The fourth-order valence-electron chi connectivity index (χ4n) is 3.01. The van der Waals surface area contributed by atoms with Gasteiger partial charge in [-0.1, -0.05) is 12.1 Å². The van der Waals surface area contributed by atoms with Gasteiger partial charge in [-0.25, -0.2) is 4.98 Å². The molecule has 0 saturated heterocycles. The van der Waals surface area contributed by atoms with Crippen molar-refractivity contribution in [1.82, 2.24) is 14.8 Å². The van der Waals surface area contributed by atoms with E-state index in [0.29, 0.717) is 12.1 Å². The minimum atomic E-state index is -0.166. The normalized spacial score (nSPS) is 10.8. The number of fused-ring (bicyclic) bond motifs is 1. The Hall–Kier alpha value is -3.19. The SMILES string of the molecule is Cn1ncc2ccc(NC(=O)c3ccccc3NCc3ccnc(Br)c3)cc21. The zero-order valence-electron chi connectivity index (χ0n) is 15.2. The second-order valence-corrected chi connectivity index (χ2v) is 7.19. The summed E-state index contributed by atoms with van der Waals surface area (Å²) in [5.41, 5.74) is 4.12. The van der Waals surface area contributed by atoms with Crippen LogP contribution in [0.1, 0.15) is 15.9 Å². The van der Waals surface area contributed by atoms with Crippen molar-refractivity contribution in [3.63, 3.8) is 0 Å². The van der Waals surface area contributed by atoms with Crippen molar-refractivity contribution in [3.8, 4) is 0 Å². The van der Waals surface area contributed by atoms with Crippen LogP contribution in [0.25, 0.3) is 10.9 Å². The predicted octanol–water partition coefficient (Wildman–Crippen LogP) is 4.60. The number of benzene rings is 2. The Labute approximate surface area is 170 Å². The van der Waals surface area contributed by atoms with Gasteiger partial charge in [0.15, 0.2) is 0 Å². The van der Waals surface area contributed by atoms with E-state index in [4.69, 9.17) is 0 Å². The van der Waals surface area contributed by atoms with Gasteiger partial charge >= 0.3 is 0 Å². The van der Waals surface area contributed by atoms with Crippen molar-refractivity contribution < 1.29 is 4.79 Å². The molecule has 0 radical (unpaired) electrons. The van der Waals surface area contributed by atoms with Gasteiger partial charge in [-0.3, -0.25) is 9.48 Å². The molecule has 2 heterocycles. The number of hydrogen-bond donors (Lipinski definition) is 2. The van der Waals surface area contributed by atoms with Gasteiger partial charge < -0.3 is 10.6 Å². The lowest BCUT2D eigenvalue weighted by atomic mass is 10.1. The van der Waals surface area contributed by atoms with E-state index in [0.717, 1.165) is 32.4 Å². The largest absolute Gasteiger partial charge is 0.380 e. The van der Waals surface area contributed by atoms with E-state index in [-0.39, 0.29) is 5.91 Å². The summed E-state index contributed by atoms with van der Waals surface area (Å²) in [5, 5.41) is 11.6. The first-order valence-electron chi connectivity index (χ1n) is 8.76. The Balaban J connectivity index is 1.53. The van der Waals surface area contributed by atoms with Crippen LogP contribution in [-0.2, 0) is 13.6 Å². The second-order valence-electron chi connectivity index (χ2n) is 6.38. The molecule has 2 aromatic heterocycles. The quantitative estimate of drug-likeness (QED) is 0.449. The van der Waals surface area contributed by atoms with E-state index in [1.807, 2.05) is 61.6 Å². The first kappa shape index (κ1) is 18.2. The molecule has 1 amide bonds. The van der Waals surface area contributed by atoms with Crippen LogP contribution in [-0.4, -0.2) is 20.7 Å². The third-order valence-electron chi connectivity index (χ3n) is 4.45. The Morgan fingerprint density at radius 3 is 2.86 bits per heavy atom.